The maximum Gasteiger partial charge on any atom is 0.130 e. The molecular weight excluding hydrogens is 262 g/mol. The van der Waals surface area contributed by atoms with Crippen LogP contribution >= 0.6 is 0 Å². The van der Waals surface area contributed by atoms with Gasteiger partial charge in [0.05, 0.1) is 11.4 Å². The molecule has 2 aromatic rings. The second-order valence-corrected chi connectivity index (χ2v) is 5.59. The van der Waals surface area contributed by atoms with Crippen molar-refractivity contribution in [3.63, 3.8) is 0 Å². The number of hydrogen-bond acceptors (Lipinski definition) is 3. The van der Waals surface area contributed by atoms with E-state index in [0.717, 1.165) is 42.9 Å². The van der Waals surface area contributed by atoms with Crippen LogP contribution in [0.4, 0.5) is 0 Å². The monoisotopic (exact) mass is 285 g/mol. The third-order valence-electron chi connectivity index (χ3n) is 4.20. The Balaban J connectivity index is 1.72. The summed E-state index contributed by atoms with van der Waals surface area (Å²) in [6.45, 7) is 5.66. The zero-order valence-electron chi connectivity index (χ0n) is 12.8. The maximum atomic E-state index is 6.06. The lowest BCUT2D eigenvalue weighted by Gasteiger charge is -2.10. The second-order valence-electron chi connectivity index (χ2n) is 5.59. The van der Waals surface area contributed by atoms with Crippen LogP contribution in [-0.2, 0) is 26.0 Å². The van der Waals surface area contributed by atoms with Crippen molar-refractivity contribution in [3.8, 4) is 5.75 Å². The van der Waals surface area contributed by atoms with E-state index in [1.165, 1.54) is 11.1 Å². The Morgan fingerprint density at radius 2 is 2.19 bits per heavy atom. The molecule has 0 fully saturated rings. The standard InChI is InChI=1S/C17H23N3O/c1-3-13-10-14(20(4-2)19-13)11-21-15-6-7-16-12(9-15)5-8-17(16)18/h6-7,9-10,17H,3-5,8,11,18H2,1-2H3. The molecule has 0 bridgehead atoms. The molecule has 0 saturated heterocycles. The SMILES string of the molecule is CCc1cc(COc2ccc3c(c2)CCC3N)n(CC)n1. The molecule has 0 radical (unpaired) electrons. The van der Waals surface area contributed by atoms with Gasteiger partial charge < -0.3 is 10.5 Å². The molecule has 0 saturated carbocycles. The van der Waals surface area contributed by atoms with Gasteiger partial charge in [-0.3, -0.25) is 4.68 Å². The summed E-state index contributed by atoms with van der Waals surface area (Å²) in [7, 11) is 0. The van der Waals surface area contributed by atoms with Gasteiger partial charge in [-0.15, -0.1) is 0 Å². The summed E-state index contributed by atoms with van der Waals surface area (Å²) < 4.78 is 7.97. The van der Waals surface area contributed by atoms with Crippen LogP contribution in [0.25, 0.3) is 0 Å². The van der Waals surface area contributed by atoms with Crippen molar-refractivity contribution < 1.29 is 4.74 Å². The lowest BCUT2D eigenvalue weighted by molar-refractivity contribution is 0.292. The Morgan fingerprint density at radius 1 is 1.33 bits per heavy atom. The average molecular weight is 285 g/mol. The van der Waals surface area contributed by atoms with Crippen molar-refractivity contribution in [3.05, 3.63) is 46.8 Å². The van der Waals surface area contributed by atoms with Crippen LogP contribution in [0.2, 0.25) is 0 Å². The minimum absolute atomic E-state index is 0.197. The van der Waals surface area contributed by atoms with Crippen LogP contribution in [0.3, 0.4) is 0 Å². The van der Waals surface area contributed by atoms with Crippen molar-refractivity contribution in [2.75, 3.05) is 0 Å². The lowest BCUT2D eigenvalue weighted by atomic mass is 10.1. The molecule has 1 aliphatic rings. The predicted octanol–water partition coefficient (Wildman–Crippen LogP) is 2.99. The van der Waals surface area contributed by atoms with Crippen LogP contribution in [0.5, 0.6) is 5.75 Å². The molecule has 1 aliphatic carbocycles. The Bertz CT molecular complexity index is 633. The highest BCUT2D eigenvalue weighted by Crippen LogP contribution is 2.32. The molecule has 1 aromatic heterocycles. The molecule has 0 aliphatic heterocycles. The highest BCUT2D eigenvalue weighted by atomic mass is 16.5. The van der Waals surface area contributed by atoms with Crippen LogP contribution in [0, 0.1) is 0 Å². The smallest absolute Gasteiger partial charge is 0.130 e. The van der Waals surface area contributed by atoms with Crippen LogP contribution in [0.15, 0.2) is 24.3 Å². The zero-order valence-corrected chi connectivity index (χ0v) is 12.8. The van der Waals surface area contributed by atoms with E-state index in [0.29, 0.717) is 6.61 Å². The number of aromatic nitrogens is 2. The largest absolute Gasteiger partial charge is 0.487 e. The van der Waals surface area contributed by atoms with E-state index in [1.54, 1.807) is 0 Å². The summed E-state index contributed by atoms with van der Waals surface area (Å²) in [6, 6.07) is 8.60. The van der Waals surface area contributed by atoms with Gasteiger partial charge in [0, 0.05) is 12.6 Å². The minimum atomic E-state index is 0.197. The third kappa shape index (κ3) is 2.81. The predicted molar refractivity (Wildman–Crippen MR) is 83.3 cm³/mol. The summed E-state index contributed by atoms with van der Waals surface area (Å²) >= 11 is 0. The van der Waals surface area contributed by atoms with Gasteiger partial charge in [-0.2, -0.15) is 5.10 Å². The van der Waals surface area contributed by atoms with Gasteiger partial charge in [0.1, 0.15) is 12.4 Å². The van der Waals surface area contributed by atoms with Gasteiger partial charge in [0.25, 0.3) is 0 Å². The molecule has 112 valence electrons. The first kappa shape index (κ1) is 14.1. The molecule has 3 rings (SSSR count). The summed E-state index contributed by atoms with van der Waals surface area (Å²) in [5, 5.41) is 4.55. The Morgan fingerprint density at radius 3 is 2.95 bits per heavy atom. The van der Waals surface area contributed by atoms with E-state index in [1.807, 2.05) is 10.7 Å². The Kier molecular flexibility index (Phi) is 3.97. The quantitative estimate of drug-likeness (QED) is 0.919. The van der Waals surface area contributed by atoms with Gasteiger partial charge in [0.15, 0.2) is 0 Å². The zero-order chi connectivity index (χ0) is 14.8. The summed E-state index contributed by atoms with van der Waals surface area (Å²) in [5.41, 5.74) is 10.9. The molecule has 1 aromatic carbocycles. The Hall–Kier alpha value is -1.81. The number of hydrogen-bond donors (Lipinski definition) is 1. The molecule has 1 atom stereocenters. The molecular formula is C17H23N3O. The van der Waals surface area contributed by atoms with Gasteiger partial charge in [-0.1, -0.05) is 13.0 Å². The number of benzene rings is 1. The van der Waals surface area contributed by atoms with E-state index >= 15 is 0 Å². The number of fused-ring (bicyclic) bond motifs is 1. The molecule has 21 heavy (non-hydrogen) atoms. The van der Waals surface area contributed by atoms with Crippen LogP contribution < -0.4 is 10.5 Å². The van der Waals surface area contributed by atoms with Gasteiger partial charge >= 0.3 is 0 Å². The van der Waals surface area contributed by atoms with Crippen molar-refractivity contribution >= 4 is 0 Å². The molecule has 1 heterocycles. The second kappa shape index (κ2) is 5.90. The molecule has 4 nitrogen and oxygen atoms in total. The maximum absolute atomic E-state index is 6.06. The summed E-state index contributed by atoms with van der Waals surface area (Å²) in [6.07, 6.45) is 3.05. The highest BCUT2D eigenvalue weighted by Gasteiger charge is 2.19. The number of nitrogens with zero attached hydrogens (tertiary/aromatic N) is 2. The first-order valence-corrected chi connectivity index (χ1v) is 7.78. The fourth-order valence-electron chi connectivity index (χ4n) is 2.95. The number of ether oxygens (including phenoxy) is 1. The summed E-state index contributed by atoms with van der Waals surface area (Å²) in [4.78, 5) is 0. The highest BCUT2D eigenvalue weighted by molar-refractivity contribution is 5.40. The van der Waals surface area contributed by atoms with Gasteiger partial charge in [-0.25, -0.2) is 0 Å². The third-order valence-corrected chi connectivity index (χ3v) is 4.20. The van der Waals surface area contributed by atoms with E-state index in [4.69, 9.17) is 10.5 Å². The van der Waals surface area contributed by atoms with Crippen LogP contribution in [0.1, 0.15) is 48.8 Å². The van der Waals surface area contributed by atoms with Crippen molar-refractivity contribution in [1.29, 1.82) is 0 Å². The van der Waals surface area contributed by atoms with Crippen molar-refractivity contribution in [1.82, 2.24) is 9.78 Å². The number of nitrogens with two attached hydrogens (primary N) is 1. The van der Waals surface area contributed by atoms with E-state index in [2.05, 4.69) is 37.1 Å². The fourth-order valence-corrected chi connectivity index (χ4v) is 2.95. The molecule has 0 spiro atoms. The molecule has 4 heteroatoms. The first-order valence-electron chi connectivity index (χ1n) is 7.78. The number of rotatable bonds is 5. The number of aryl methyl sites for hydroxylation is 3. The van der Waals surface area contributed by atoms with Gasteiger partial charge in [0.2, 0.25) is 0 Å². The molecule has 2 N–H and O–H groups in total. The van der Waals surface area contributed by atoms with E-state index in [9.17, 15) is 0 Å². The Labute approximate surface area is 125 Å². The average Bonchev–Trinajstić information content (AvgIpc) is 3.08. The minimum Gasteiger partial charge on any atom is -0.487 e. The molecule has 1 unspecified atom stereocenters. The normalized spacial score (nSPS) is 17.0. The fraction of sp³-hybridized carbons (Fsp3) is 0.471. The topological polar surface area (TPSA) is 53.1 Å². The summed E-state index contributed by atoms with van der Waals surface area (Å²) in [5.74, 6) is 0.921. The molecule has 0 amide bonds. The van der Waals surface area contributed by atoms with E-state index < -0.39 is 0 Å². The van der Waals surface area contributed by atoms with E-state index in [-0.39, 0.29) is 6.04 Å². The van der Waals surface area contributed by atoms with Gasteiger partial charge in [-0.05, 0) is 55.5 Å². The lowest BCUT2D eigenvalue weighted by Crippen LogP contribution is -2.07. The van der Waals surface area contributed by atoms with Crippen LogP contribution in [-0.4, -0.2) is 9.78 Å². The van der Waals surface area contributed by atoms with Crippen molar-refractivity contribution in [2.45, 2.75) is 52.3 Å². The first-order chi connectivity index (χ1) is 10.2. The van der Waals surface area contributed by atoms with Crippen molar-refractivity contribution in [2.24, 2.45) is 5.73 Å².